The highest BCUT2D eigenvalue weighted by Crippen LogP contribution is 2.26. The van der Waals surface area contributed by atoms with E-state index in [9.17, 15) is 14.9 Å². The van der Waals surface area contributed by atoms with Crippen LogP contribution < -0.4 is 5.32 Å². The Kier molecular flexibility index (Phi) is 8.54. The van der Waals surface area contributed by atoms with Crippen molar-refractivity contribution >= 4 is 17.7 Å². The van der Waals surface area contributed by atoms with Crippen molar-refractivity contribution in [1.29, 1.82) is 5.26 Å². The maximum absolute atomic E-state index is 12.2. The fourth-order valence-corrected chi connectivity index (χ4v) is 3.57. The number of ether oxygens (including phenoxy) is 2. The van der Waals surface area contributed by atoms with Gasteiger partial charge in [0, 0.05) is 31.2 Å². The molecule has 176 valence electrons. The molecule has 7 nitrogen and oxygen atoms in total. The molecule has 0 aliphatic carbocycles. The summed E-state index contributed by atoms with van der Waals surface area (Å²) >= 11 is 0. The van der Waals surface area contributed by atoms with Gasteiger partial charge in [0.05, 0.1) is 12.0 Å². The number of piperidine rings is 1. The third kappa shape index (κ3) is 8.78. The molecule has 0 spiro atoms. The van der Waals surface area contributed by atoms with Crippen molar-refractivity contribution in [2.45, 2.75) is 90.4 Å². The number of nitrogens with one attached hydrogen (secondary N) is 1. The molecule has 1 atom stereocenters. The van der Waals surface area contributed by atoms with Crippen LogP contribution in [0.25, 0.3) is 0 Å². The molecule has 0 aromatic heterocycles. The fourth-order valence-electron chi connectivity index (χ4n) is 3.57. The van der Waals surface area contributed by atoms with Crippen LogP contribution in [0.5, 0.6) is 0 Å². The van der Waals surface area contributed by atoms with Gasteiger partial charge >= 0.3 is 12.1 Å². The number of carbonyl (C=O) groups excluding carboxylic acids is 2. The first-order chi connectivity index (χ1) is 14.9. The number of amides is 1. The fraction of sp³-hybridized carbons (Fsp3) is 0.640. The summed E-state index contributed by atoms with van der Waals surface area (Å²) in [5.74, 6) is -0.665. The number of hydrogen-bond acceptors (Lipinski definition) is 6. The molecule has 1 saturated heterocycles. The predicted octanol–water partition coefficient (Wildman–Crippen LogP) is 5.23. The van der Waals surface area contributed by atoms with Crippen LogP contribution in [0.2, 0.25) is 0 Å². The maximum atomic E-state index is 12.2. The van der Waals surface area contributed by atoms with Crippen LogP contribution in [-0.2, 0) is 14.3 Å². The number of benzene rings is 1. The van der Waals surface area contributed by atoms with Gasteiger partial charge < -0.3 is 19.7 Å². The van der Waals surface area contributed by atoms with Gasteiger partial charge in [-0.25, -0.2) is 4.79 Å². The summed E-state index contributed by atoms with van der Waals surface area (Å²) in [4.78, 5) is 26.0. The number of nitrogens with zero attached hydrogens (tertiary/aromatic N) is 2. The molecule has 1 unspecified atom stereocenters. The minimum absolute atomic E-state index is 0.205. The highest BCUT2D eigenvalue weighted by atomic mass is 16.6. The molecule has 7 heteroatoms. The normalized spacial score (nSPS) is 16.1. The van der Waals surface area contributed by atoms with Gasteiger partial charge in [-0.3, -0.25) is 4.79 Å². The van der Waals surface area contributed by atoms with E-state index in [4.69, 9.17) is 9.47 Å². The number of anilines is 1. The number of hydrogen-bond donors (Lipinski definition) is 1. The zero-order chi connectivity index (χ0) is 23.9. The summed E-state index contributed by atoms with van der Waals surface area (Å²) in [6.07, 6.45) is 2.01. The molecule has 32 heavy (non-hydrogen) atoms. The zero-order valence-electron chi connectivity index (χ0n) is 20.2. The number of likely N-dealkylation sites (tertiary alicyclic amines) is 1. The molecule has 1 heterocycles. The molecular formula is C25H37N3O4. The van der Waals surface area contributed by atoms with E-state index in [2.05, 4.69) is 11.4 Å². The molecule has 1 aliphatic heterocycles. The van der Waals surface area contributed by atoms with Crippen LogP contribution in [-0.4, -0.2) is 47.3 Å². The SMILES string of the molecule is CC(C)(C)OC(=O)CCC(C#N)c1cccc(NC2CCN(C(=O)OC(C)(C)C)CC2)c1. The van der Waals surface area contributed by atoms with Gasteiger partial charge in [0.25, 0.3) is 0 Å². The third-order valence-corrected chi connectivity index (χ3v) is 5.02. The van der Waals surface area contributed by atoms with Crippen LogP contribution in [0.3, 0.4) is 0 Å². The summed E-state index contributed by atoms with van der Waals surface area (Å²) in [7, 11) is 0. The van der Waals surface area contributed by atoms with E-state index in [-0.39, 0.29) is 30.4 Å². The lowest BCUT2D eigenvalue weighted by atomic mass is 9.95. The van der Waals surface area contributed by atoms with Crippen molar-refractivity contribution in [3.63, 3.8) is 0 Å². The molecule has 0 saturated carbocycles. The second kappa shape index (κ2) is 10.7. The molecule has 0 bridgehead atoms. The predicted molar refractivity (Wildman–Crippen MR) is 124 cm³/mol. The van der Waals surface area contributed by atoms with Gasteiger partial charge in [-0.05, 0) is 78.5 Å². The topological polar surface area (TPSA) is 91.7 Å². The van der Waals surface area contributed by atoms with Crippen LogP contribution >= 0.6 is 0 Å². The first-order valence-electron chi connectivity index (χ1n) is 11.3. The van der Waals surface area contributed by atoms with Crippen LogP contribution in [0, 0.1) is 11.3 Å². The van der Waals surface area contributed by atoms with Gasteiger partial charge in [0.15, 0.2) is 0 Å². The van der Waals surface area contributed by atoms with Crippen molar-refractivity contribution < 1.29 is 19.1 Å². The lowest BCUT2D eigenvalue weighted by molar-refractivity contribution is -0.154. The molecule has 1 N–H and O–H groups in total. The van der Waals surface area contributed by atoms with Gasteiger partial charge in [-0.15, -0.1) is 0 Å². The smallest absolute Gasteiger partial charge is 0.410 e. The highest BCUT2D eigenvalue weighted by Gasteiger charge is 2.27. The number of rotatable bonds is 6. The van der Waals surface area contributed by atoms with Gasteiger partial charge in [0.1, 0.15) is 11.2 Å². The van der Waals surface area contributed by atoms with Crippen LogP contribution in [0.4, 0.5) is 10.5 Å². The number of nitriles is 1. The maximum Gasteiger partial charge on any atom is 0.410 e. The number of esters is 1. The summed E-state index contributed by atoms with van der Waals surface area (Å²) in [6.45, 7) is 12.4. The number of carbonyl (C=O) groups is 2. The molecular weight excluding hydrogens is 406 g/mol. The summed E-state index contributed by atoms with van der Waals surface area (Å²) in [5, 5.41) is 13.2. The van der Waals surface area contributed by atoms with Crippen LogP contribution in [0.1, 0.15) is 78.7 Å². The largest absolute Gasteiger partial charge is 0.460 e. The lowest BCUT2D eigenvalue weighted by Gasteiger charge is -2.34. The Hall–Kier alpha value is -2.75. The summed E-state index contributed by atoms with van der Waals surface area (Å²) in [6, 6.07) is 10.3. The van der Waals surface area contributed by atoms with Crippen LogP contribution in [0.15, 0.2) is 24.3 Å². The Labute approximate surface area is 192 Å². The molecule has 1 aromatic carbocycles. The summed E-state index contributed by atoms with van der Waals surface area (Å²) < 4.78 is 10.8. The Morgan fingerprint density at radius 3 is 2.31 bits per heavy atom. The Bertz CT molecular complexity index is 825. The first kappa shape index (κ1) is 25.5. The van der Waals surface area contributed by atoms with E-state index < -0.39 is 11.2 Å². The van der Waals surface area contributed by atoms with Gasteiger partial charge in [-0.1, -0.05) is 12.1 Å². The molecule has 1 aliphatic rings. The van der Waals surface area contributed by atoms with E-state index in [0.717, 1.165) is 24.1 Å². The second-order valence-corrected chi connectivity index (χ2v) is 10.3. The monoisotopic (exact) mass is 443 g/mol. The molecule has 1 amide bonds. The first-order valence-corrected chi connectivity index (χ1v) is 11.3. The minimum atomic E-state index is -0.526. The minimum Gasteiger partial charge on any atom is -0.460 e. The Morgan fingerprint density at radius 2 is 1.75 bits per heavy atom. The third-order valence-electron chi connectivity index (χ3n) is 5.02. The average molecular weight is 444 g/mol. The van der Waals surface area contributed by atoms with E-state index in [1.165, 1.54) is 0 Å². The highest BCUT2D eigenvalue weighted by molar-refractivity contribution is 5.70. The molecule has 1 fully saturated rings. The summed E-state index contributed by atoms with van der Waals surface area (Å²) in [5.41, 5.74) is 0.804. The van der Waals surface area contributed by atoms with Gasteiger partial charge in [0.2, 0.25) is 0 Å². The van der Waals surface area contributed by atoms with Crippen molar-refractivity contribution in [1.82, 2.24) is 4.90 Å². The van der Waals surface area contributed by atoms with E-state index >= 15 is 0 Å². The van der Waals surface area contributed by atoms with E-state index in [1.807, 2.05) is 65.8 Å². The molecule has 2 rings (SSSR count). The van der Waals surface area contributed by atoms with Crippen molar-refractivity contribution in [3.05, 3.63) is 29.8 Å². The molecule has 1 aromatic rings. The molecule has 0 radical (unpaired) electrons. The Balaban J connectivity index is 1.89. The lowest BCUT2D eigenvalue weighted by Crippen LogP contribution is -2.44. The van der Waals surface area contributed by atoms with Crippen molar-refractivity contribution in [2.75, 3.05) is 18.4 Å². The van der Waals surface area contributed by atoms with E-state index in [1.54, 1.807) is 4.90 Å². The van der Waals surface area contributed by atoms with E-state index in [0.29, 0.717) is 19.5 Å². The Morgan fingerprint density at radius 1 is 1.12 bits per heavy atom. The average Bonchev–Trinajstić information content (AvgIpc) is 2.66. The van der Waals surface area contributed by atoms with Gasteiger partial charge in [-0.2, -0.15) is 5.26 Å². The van der Waals surface area contributed by atoms with Crippen molar-refractivity contribution in [3.8, 4) is 6.07 Å². The standard InChI is InChI=1S/C25H37N3O4/c1-24(2,3)31-22(29)11-10-19(17-26)18-8-7-9-21(16-18)27-20-12-14-28(15-13-20)23(30)32-25(4,5)6/h7-9,16,19-20,27H,10-15H2,1-6H3. The quantitative estimate of drug-likeness (QED) is 0.606. The zero-order valence-corrected chi connectivity index (χ0v) is 20.2. The van der Waals surface area contributed by atoms with Crippen molar-refractivity contribution in [2.24, 2.45) is 0 Å². The second-order valence-electron chi connectivity index (χ2n) is 10.3.